The molecule has 26 heavy (non-hydrogen) atoms. The normalized spacial score (nSPS) is 16.8. The lowest BCUT2D eigenvalue weighted by Gasteiger charge is -2.33. The maximum absolute atomic E-state index is 12.5. The first-order valence-electron chi connectivity index (χ1n) is 8.88. The molecular weight excluding hydrogens is 358 g/mol. The maximum Gasteiger partial charge on any atom is 0.262 e. The third kappa shape index (κ3) is 5.66. The summed E-state index contributed by atoms with van der Waals surface area (Å²) in [4.78, 5) is 13.9. The van der Waals surface area contributed by atoms with Crippen LogP contribution in [0.15, 0.2) is 29.2 Å². The van der Waals surface area contributed by atoms with E-state index in [0.717, 1.165) is 25.7 Å². The van der Waals surface area contributed by atoms with E-state index in [0.29, 0.717) is 25.4 Å². The number of hydrogen-bond donors (Lipinski definition) is 3. The van der Waals surface area contributed by atoms with Crippen LogP contribution in [0.4, 0.5) is 0 Å². The smallest absolute Gasteiger partial charge is 0.262 e. The summed E-state index contributed by atoms with van der Waals surface area (Å²) >= 11 is 0. The molecule has 1 atom stereocenters. The Morgan fingerprint density at radius 3 is 2.46 bits per heavy atom. The van der Waals surface area contributed by atoms with Crippen molar-refractivity contribution in [2.75, 3.05) is 26.2 Å². The van der Waals surface area contributed by atoms with Crippen molar-refractivity contribution in [3.63, 3.8) is 0 Å². The van der Waals surface area contributed by atoms with Gasteiger partial charge in [0.25, 0.3) is 5.91 Å². The second-order valence-electron chi connectivity index (χ2n) is 6.26. The zero-order valence-corrected chi connectivity index (χ0v) is 15.8. The van der Waals surface area contributed by atoms with Gasteiger partial charge in [-0.05, 0) is 56.6 Å². The zero-order valence-electron chi connectivity index (χ0n) is 15.0. The number of hydrogen-bond acceptors (Lipinski definition) is 6. The standard InChI is InChI=1S/C17H27N3O5S/c1-2-12-25-14-6-8-15(9-7-14)26(23,24)18-13-16(17(21)19-22)20-10-4-3-5-11-20/h6-9,16,18,22H,2-5,10-13H2,1H3,(H,19,21)/t16-/m0/s1. The fourth-order valence-electron chi connectivity index (χ4n) is 2.90. The van der Waals surface area contributed by atoms with E-state index >= 15 is 0 Å². The fraction of sp³-hybridized carbons (Fsp3) is 0.588. The quantitative estimate of drug-likeness (QED) is 0.434. The van der Waals surface area contributed by atoms with Gasteiger partial charge in [0, 0.05) is 6.54 Å². The van der Waals surface area contributed by atoms with Gasteiger partial charge in [0.15, 0.2) is 0 Å². The summed E-state index contributed by atoms with van der Waals surface area (Å²) in [5.74, 6) is -0.00503. The second kappa shape index (κ2) is 9.86. The first-order chi connectivity index (χ1) is 12.5. The predicted octanol–water partition coefficient (Wildman–Crippen LogP) is 1.11. The van der Waals surface area contributed by atoms with Crippen molar-refractivity contribution in [1.29, 1.82) is 0 Å². The summed E-state index contributed by atoms with van der Waals surface area (Å²) < 4.78 is 32.9. The second-order valence-corrected chi connectivity index (χ2v) is 8.03. The summed E-state index contributed by atoms with van der Waals surface area (Å²) in [5, 5.41) is 8.97. The number of nitrogens with one attached hydrogen (secondary N) is 2. The van der Waals surface area contributed by atoms with Crippen LogP contribution in [0.25, 0.3) is 0 Å². The Hall–Kier alpha value is -1.68. The number of amides is 1. The van der Waals surface area contributed by atoms with Crippen LogP contribution >= 0.6 is 0 Å². The lowest BCUT2D eigenvalue weighted by atomic mass is 10.1. The van der Waals surface area contributed by atoms with Crippen molar-refractivity contribution in [2.45, 2.75) is 43.5 Å². The number of ether oxygens (including phenoxy) is 1. The van der Waals surface area contributed by atoms with Gasteiger partial charge in [-0.1, -0.05) is 13.3 Å². The average Bonchev–Trinajstić information content (AvgIpc) is 2.67. The van der Waals surface area contributed by atoms with Crippen LogP contribution < -0.4 is 14.9 Å². The molecule has 146 valence electrons. The first-order valence-corrected chi connectivity index (χ1v) is 10.4. The van der Waals surface area contributed by atoms with Crippen LogP contribution in [0, 0.1) is 0 Å². The number of sulfonamides is 1. The monoisotopic (exact) mass is 385 g/mol. The maximum atomic E-state index is 12.5. The Kier molecular flexibility index (Phi) is 7.83. The minimum atomic E-state index is -3.77. The summed E-state index contributed by atoms with van der Waals surface area (Å²) in [5.41, 5.74) is 1.63. The van der Waals surface area contributed by atoms with E-state index in [2.05, 4.69) is 4.72 Å². The minimum absolute atomic E-state index is 0.100. The van der Waals surface area contributed by atoms with Crippen molar-refractivity contribution in [2.24, 2.45) is 0 Å². The van der Waals surface area contributed by atoms with Gasteiger partial charge >= 0.3 is 0 Å². The number of carbonyl (C=O) groups is 1. The van der Waals surface area contributed by atoms with Gasteiger partial charge in [-0.2, -0.15) is 0 Å². The Labute approximate surface area is 154 Å². The lowest BCUT2D eigenvalue weighted by Crippen LogP contribution is -2.53. The fourth-order valence-corrected chi connectivity index (χ4v) is 3.94. The molecule has 1 amide bonds. The minimum Gasteiger partial charge on any atom is -0.494 e. The number of rotatable bonds is 9. The van der Waals surface area contributed by atoms with Crippen LogP contribution in [0.2, 0.25) is 0 Å². The highest BCUT2D eigenvalue weighted by Crippen LogP contribution is 2.17. The molecule has 0 saturated carbocycles. The largest absolute Gasteiger partial charge is 0.494 e. The number of carbonyl (C=O) groups excluding carboxylic acids is 1. The van der Waals surface area contributed by atoms with Gasteiger partial charge in [0.2, 0.25) is 10.0 Å². The third-order valence-electron chi connectivity index (χ3n) is 4.32. The van der Waals surface area contributed by atoms with Gasteiger partial charge < -0.3 is 4.74 Å². The van der Waals surface area contributed by atoms with E-state index in [-0.39, 0.29) is 11.4 Å². The van der Waals surface area contributed by atoms with Crippen molar-refractivity contribution < 1.29 is 23.2 Å². The van der Waals surface area contributed by atoms with Crippen molar-refractivity contribution in [3.8, 4) is 5.75 Å². The van der Waals surface area contributed by atoms with Gasteiger partial charge in [-0.25, -0.2) is 18.6 Å². The van der Waals surface area contributed by atoms with Gasteiger partial charge in [-0.15, -0.1) is 0 Å². The molecule has 1 aliphatic heterocycles. The first kappa shape index (κ1) is 20.6. The molecule has 1 aliphatic rings. The summed E-state index contributed by atoms with van der Waals surface area (Å²) in [7, 11) is -3.77. The molecule has 1 saturated heterocycles. The highest BCUT2D eigenvalue weighted by atomic mass is 32.2. The number of likely N-dealkylation sites (tertiary alicyclic amines) is 1. The number of benzene rings is 1. The number of nitrogens with zero attached hydrogens (tertiary/aromatic N) is 1. The van der Waals surface area contributed by atoms with Gasteiger partial charge in [0.1, 0.15) is 11.8 Å². The molecule has 2 rings (SSSR count). The lowest BCUT2D eigenvalue weighted by molar-refractivity contribution is -0.135. The summed E-state index contributed by atoms with van der Waals surface area (Å²) in [6, 6.07) is 5.40. The van der Waals surface area contributed by atoms with Gasteiger partial charge in [0.05, 0.1) is 11.5 Å². The molecule has 0 radical (unpaired) electrons. The van der Waals surface area contributed by atoms with E-state index in [4.69, 9.17) is 9.94 Å². The Balaban J connectivity index is 2.02. The van der Waals surface area contributed by atoms with E-state index in [1.165, 1.54) is 12.1 Å². The van der Waals surface area contributed by atoms with Crippen molar-refractivity contribution in [1.82, 2.24) is 15.1 Å². The molecule has 1 aromatic carbocycles. The predicted molar refractivity (Wildman–Crippen MR) is 96.6 cm³/mol. The Bertz CT molecular complexity index is 672. The van der Waals surface area contributed by atoms with E-state index < -0.39 is 22.0 Å². The van der Waals surface area contributed by atoms with Crippen LogP contribution in [0.1, 0.15) is 32.6 Å². The average molecular weight is 385 g/mol. The highest BCUT2D eigenvalue weighted by Gasteiger charge is 2.28. The molecule has 9 heteroatoms. The molecule has 3 N–H and O–H groups in total. The topological polar surface area (TPSA) is 108 Å². The number of piperidine rings is 1. The molecule has 0 bridgehead atoms. The van der Waals surface area contributed by atoms with Crippen LogP contribution in [0.5, 0.6) is 5.75 Å². The van der Waals surface area contributed by atoms with Gasteiger partial charge in [-0.3, -0.25) is 14.9 Å². The summed E-state index contributed by atoms with van der Waals surface area (Å²) in [6.45, 7) is 3.84. The third-order valence-corrected chi connectivity index (χ3v) is 5.76. The zero-order chi connectivity index (χ0) is 19.0. The van der Waals surface area contributed by atoms with E-state index in [9.17, 15) is 13.2 Å². The number of hydroxylamine groups is 1. The summed E-state index contributed by atoms with van der Waals surface area (Å²) in [6.07, 6.45) is 3.84. The van der Waals surface area contributed by atoms with Crippen LogP contribution in [0.3, 0.4) is 0 Å². The van der Waals surface area contributed by atoms with E-state index in [1.807, 2.05) is 11.8 Å². The molecule has 1 heterocycles. The Morgan fingerprint density at radius 2 is 1.88 bits per heavy atom. The molecule has 1 fully saturated rings. The van der Waals surface area contributed by atoms with Crippen LogP contribution in [-0.2, 0) is 14.8 Å². The van der Waals surface area contributed by atoms with Crippen molar-refractivity contribution in [3.05, 3.63) is 24.3 Å². The molecule has 1 aromatic rings. The molecule has 0 spiro atoms. The molecule has 8 nitrogen and oxygen atoms in total. The molecule has 0 aliphatic carbocycles. The van der Waals surface area contributed by atoms with Crippen LogP contribution in [-0.4, -0.2) is 56.7 Å². The molecule has 0 aromatic heterocycles. The SMILES string of the molecule is CCCOc1ccc(S(=O)(=O)NC[C@@H](C(=O)NO)N2CCCCC2)cc1. The Morgan fingerprint density at radius 1 is 1.23 bits per heavy atom. The van der Waals surface area contributed by atoms with E-state index in [1.54, 1.807) is 17.6 Å². The highest BCUT2D eigenvalue weighted by molar-refractivity contribution is 7.89. The molecular formula is C17H27N3O5S. The molecule has 0 unspecified atom stereocenters. The van der Waals surface area contributed by atoms with Crippen molar-refractivity contribution >= 4 is 15.9 Å².